The first-order valence-corrected chi connectivity index (χ1v) is 10.7. The Labute approximate surface area is 203 Å². The fraction of sp³-hybridized carbons (Fsp3) is 0.208. The number of rotatable bonds is 9. The van der Waals surface area contributed by atoms with Crippen LogP contribution in [0.3, 0.4) is 0 Å². The Morgan fingerprint density at radius 3 is 2.39 bits per heavy atom. The maximum Gasteiger partial charge on any atom is 0.433 e. The molecule has 0 bridgehead atoms. The number of nitrogens with zero attached hydrogens (tertiary/aromatic N) is 4. The van der Waals surface area contributed by atoms with E-state index in [1.165, 1.54) is 25.4 Å². The fourth-order valence-corrected chi connectivity index (χ4v) is 3.11. The predicted molar refractivity (Wildman–Crippen MR) is 121 cm³/mol. The molecule has 0 radical (unpaired) electrons. The molecule has 9 nitrogen and oxygen atoms in total. The van der Waals surface area contributed by atoms with Crippen molar-refractivity contribution in [2.24, 2.45) is 0 Å². The number of halogens is 3. The Hall–Kier alpha value is -4.48. The number of aromatic nitrogens is 5. The minimum absolute atomic E-state index is 0.0882. The third-order valence-corrected chi connectivity index (χ3v) is 4.90. The van der Waals surface area contributed by atoms with Crippen molar-refractivity contribution in [1.82, 2.24) is 24.9 Å². The summed E-state index contributed by atoms with van der Waals surface area (Å²) in [4.78, 5) is 30.6. The summed E-state index contributed by atoms with van der Waals surface area (Å²) in [7, 11) is 1.47. The Kier molecular flexibility index (Phi) is 7.42. The van der Waals surface area contributed by atoms with Gasteiger partial charge >= 0.3 is 12.2 Å². The molecule has 1 N–H and O–H groups in total. The van der Waals surface area contributed by atoms with Crippen molar-refractivity contribution in [3.63, 3.8) is 0 Å². The van der Waals surface area contributed by atoms with E-state index in [1.54, 1.807) is 36.7 Å². The molecule has 0 unspecified atom stereocenters. The van der Waals surface area contributed by atoms with Crippen molar-refractivity contribution >= 4 is 0 Å². The summed E-state index contributed by atoms with van der Waals surface area (Å²) in [5.41, 5.74) is 0.597. The van der Waals surface area contributed by atoms with Crippen molar-refractivity contribution in [3.05, 3.63) is 93.8 Å². The number of nitrogens with one attached hydrogen (secondary N) is 1. The number of hydrogen-bond donors (Lipinski definition) is 1. The summed E-state index contributed by atoms with van der Waals surface area (Å²) in [6.07, 6.45) is 0.926. The van der Waals surface area contributed by atoms with Gasteiger partial charge in [0.15, 0.2) is 0 Å². The highest BCUT2D eigenvalue weighted by Gasteiger charge is 2.32. The molecule has 0 amide bonds. The maximum atomic E-state index is 12.8. The van der Waals surface area contributed by atoms with E-state index in [9.17, 15) is 18.0 Å². The number of pyridine rings is 1. The van der Waals surface area contributed by atoms with Crippen LogP contribution in [0.5, 0.6) is 23.7 Å². The minimum Gasteiger partial charge on any atom is -0.467 e. The lowest BCUT2D eigenvalue weighted by Crippen LogP contribution is -2.16. The van der Waals surface area contributed by atoms with Crippen molar-refractivity contribution in [2.45, 2.75) is 19.0 Å². The molecule has 12 heteroatoms. The number of aromatic amines is 1. The minimum atomic E-state index is -4.55. The quantitative estimate of drug-likeness (QED) is 0.368. The van der Waals surface area contributed by atoms with E-state index in [1.807, 2.05) is 0 Å². The van der Waals surface area contributed by atoms with Gasteiger partial charge < -0.3 is 19.2 Å². The monoisotopic (exact) mass is 499 g/mol. The second kappa shape index (κ2) is 10.8. The first kappa shape index (κ1) is 24.6. The van der Waals surface area contributed by atoms with Crippen molar-refractivity contribution < 1.29 is 27.4 Å². The van der Waals surface area contributed by atoms with Crippen LogP contribution in [0.4, 0.5) is 13.2 Å². The van der Waals surface area contributed by atoms with Gasteiger partial charge in [-0.15, -0.1) is 0 Å². The molecule has 1 aromatic carbocycles. The topological polar surface area (TPSA) is 112 Å². The van der Waals surface area contributed by atoms with Crippen LogP contribution in [0.1, 0.15) is 22.4 Å². The molecule has 0 aliphatic carbocycles. The molecule has 0 fully saturated rings. The zero-order valence-corrected chi connectivity index (χ0v) is 19.0. The smallest absolute Gasteiger partial charge is 0.433 e. The van der Waals surface area contributed by atoms with Gasteiger partial charge in [-0.1, -0.05) is 18.2 Å². The number of alkyl halides is 3. The van der Waals surface area contributed by atoms with E-state index >= 15 is 0 Å². The first-order valence-electron chi connectivity index (χ1n) is 10.7. The van der Waals surface area contributed by atoms with E-state index in [0.717, 1.165) is 17.2 Å². The van der Waals surface area contributed by atoms with Gasteiger partial charge in [0.1, 0.15) is 11.4 Å². The molecular formula is C24H20F3N5O4. The third kappa shape index (κ3) is 6.56. The Morgan fingerprint density at radius 1 is 0.972 bits per heavy atom. The van der Waals surface area contributed by atoms with Crippen LogP contribution in [0.25, 0.3) is 0 Å². The van der Waals surface area contributed by atoms with Crippen molar-refractivity contribution in [1.29, 1.82) is 0 Å². The average molecular weight is 499 g/mol. The molecule has 4 rings (SSSR count). The van der Waals surface area contributed by atoms with Gasteiger partial charge in [-0.25, -0.2) is 15.0 Å². The summed E-state index contributed by atoms with van der Waals surface area (Å²) < 4.78 is 54.2. The molecule has 36 heavy (non-hydrogen) atoms. The predicted octanol–water partition coefficient (Wildman–Crippen LogP) is 3.99. The largest absolute Gasteiger partial charge is 0.467 e. The van der Waals surface area contributed by atoms with Crippen LogP contribution in [-0.4, -0.2) is 38.6 Å². The lowest BCUT2D eigenvalue weighted by Gasteiger charge is -2.09. The highest BCUT2D eigenvalue weighted by Crippen LogP contribution is 2.29. The number of hydrogen-bond acceptors (Lipinski definition) is 8. The van der Waals surface area contributed by atoms with Crippen LogP contribution in [0.2, 0.25) is 0 Å². The molecule has 0 atom stereocenters. The summed E-state index contributed by atoms with van der Waals surface area (Å²) in [6.45, 7) is 0.240. The van der Waals surface area contributed by atoms with E-state index in [4.69, 9.17) is 14.2 Å². The SMILES string of the molecule is COc1ncc(Cc2c[nH]c(OCCc3ccc(Oc4cccc(C(F)(F)F)n4)cc3)nc2=O)cn1. The lowest BCUT2D eigenvalue weighted by molar-refractivity contribution is -0.141. The van der Waals surface area contributed by atoms with Gasteiger partial charge in [0.2, 0.25) is 5.88 Å². The van der Waals surface area contributed by atoms with Crippen LogP contribution < -0.4 is 19.8 Å². The summed E-state index contributed by atoms with van der Waals surface area (Å²) in [5, 5.41) is 0. The summed E-state index contributed by atoms with van der Waals surface area (Å²) >= 11 is 0. The summed E-state index contributed by atoms with van der Waals surface area (Å²) in [5.74, 6) is 0.189. The maximum absolute atomic E-state index is 12.8. The van der Waals surface area contributed by atoms with Gasteiger partial charge in [-0.2, -0.15) is 18.2 Å². The van der Waals surface area contributed by atoms with E-state index < -0.39 is 17.4 Å². The number of H-pyrrole nitrogens is 1. The Morgan fingerprint density at radius 2 is 1.72 bits per heavy atom. The number of ether oxygens (including phenoxy) is 3. The van der Waals surface area contributed by atoms with Crippen molar-refractivity contribution in [3.8, 4) is 23.7 Å². The van der Waals surface area contributed by atoms with Crippen LogP contribution in [0.15, 0.2) is 65.8 Å². The normalized spacial score (nSPS) is 11.2. The highest BCUT2D eigenvalue weighted by atomic mass is 19.4. The average Bonchev–Trinajstić information content (AvgIpc) is 2.87. The van der Waals surface area contributed by atoms with Crippen LogP contribution >= 0.6 is 0 Å². The van der Waals surface area contributed by atoms with Crippen LogP contribution in [-0.2, 0) is 19.0 Å². The number of benzene rings is 1. The lowest BCUT2D eigenvalue weighted by atomic mass is 10.1. The molecule has 4 aromatic rings. The van der Waals surface area contributed by atoms with Gasteiger partial charge in [-0.05, 0) is 29.3 Å². The zero-order chi connectivity index (χ0) is 25.5. The Balaban J connectivity index is 1.28. The highest BCUT2D eigenvalue weighted by molar-refractivity contribution is 5.31. The standard InChI is InChI=1S/C24H20F3N5O4/c1-34-22-28-12-16(13-29-22)11-17-14-30-23(32-21(17)33)35-10-9-15-5-7-18(8-6-15)36-20-4-2-3-19(31-20)24(25,26)27/h2-8,12-14H,9-11H2,1H3,(H,30,32,33). The van der Waals surface area contributed by atoms with E-state index in [0.29, 0.717) is 24.2 Å². The van der Waals surface area contributed by atoms with E-state index in [2.05, 4.69) is 24.9 Å². The molecule has 0 saturated carbocycles. The fourth-order valence-electron chi connectivity index (χ4n) is 3.11. The third-order valence-electron chi connectivity index (χ3n) is 4.90. The van der Waals surface area contributed by atoms with Gasteiger partial charge in [0, 0.05) is 43.1 Å². The molecule has 0 spiro atoms. The van der Waals surface area contributed by atoms with E-state index in [-0.39, 0.29) is 24.5 Å². The molecule has 0 saturated heterocycles. The Bertz CT molecular complexity index is 1360. The van der Waals surface area contributed by atoms with Gasteiger partial charge in [-0.3, -0.25) is 4.79 Å². The van der Waals surface area contributed by atoms with Crippen LogP contribution in [0, 0.1) is 0 Å². The van der Waals surface area contributed by atoms with Gasteiger partial charge in [0.25, 0.3) is 11.6 Å². The number of methoxy groups -OCH3 is 1. The molecule has 3 aromatic heterocycles. The van der Waals surface area contributed by atoms with Gasteiger partial charge in [0.05, 0.1) is 13.7 Å². The second-order valence-electron chi connectivity index (χ2n) is 7.49. The summed E-state index contributed by atoms with van der Waals surface area (Å²) in [6, 6.07) is 10.5. The van der Waals surface area contributed by atoms with Crippen molar-refractivity contribution in [2.75, 3.05) is 13.7 Å². The molecular weight excluding hydrogens is 479 g/mol. The second-order valence-corrected chi connectivity index (χ2v) is 7.49. The molecule has 0 aliphatic heterocycles. The molecule has 3 heterocycles. The molecule has 0 aliphatic rings. The molecule has 186 valence electrons. The first-order chi connectivity index (χ1) is 17.3. The zero-order valence-electron chi connectivity index (χ0n) is 19.0.